The van der Waals surface area contributed by atoms with Gasteiger partial charge in [-0.15, -0.1) is 0 Å². The summed E-state index contributed by atoms with van der Waals surface area (Å²) in [5.74, 6) is 0.864. The molecule has 6 heteroatoms. The van der Waals surface area contributed by atoms with Crippen molar-refractivity contribution in [2.45, 2.75) is 19.8 Å². The molecule has 0 bridgehead atoms. The summed E-state index contributed by atoms with van der Waals surface area (Å²) in [5, 5.41) is 6.72. The highest BCUT2D eigenvalue weighted by molar-refractivity contribution is 5.90. The van der Waals surface area contributed by atoms with Gasteiger partial charge in [-0.1, -0.05) is 35.0 Å². The van der Waals surface area contributed by atoms with Crippen molar-refractivity contribution in [3.8, 4) is 11.4 Å². The highest BCUT2D eigenvalue weighted by atomic mass is 16.5. The molecule has 1 N–H and O–H groups in total. The van der Waals surface area contributed by atoms with Crippen molar-refractivity contribution in [3.05, 3.63) is 60.2 Å². The van der Waals surface area contributed by atoms with Crippen LogP contribution < -0.4 is 5.32 Å². The molecule has 0 aliphatic rings. The average Bonchev–Trinajstić information content (AvgIpc) is 3.04. The molecular weight excluding hydrogens is 292 g/mol. The number of pyridine rings is 1. The fourth-order valence-corrected chi connectivity index (χ4v) is 2.06. The normalized spacial score (nSPS) is 10.5. The van der Waals surface area contributed by atoms with Crippen LogP contribution in [0.25, 0.3) is 11.4 Å². The lowest BCUT2D eigenvalue weighted by Crippen LogP contribution is -2.12. The minimum atomic E-state index is -0.118. The number of hydrogen-bond donors (Lipinski definition) is 1. The monoisotopic (exact) mass is 308 g/mol. The standard InChI is InChI=1S/C17H16N4O2/c1-12-4-6-13(7-5-12)17-20-16(23-21-17)9-8-15(22)19-14-3-2-10-18-11-14/h2-7,10-11H,8-9H2,1H3,(H,19,22). The van der Waals surface area contributed by atoms with E-state index in [-0.39, 0.29) is 12.3 Å². The topological polar surface area (TPSA) is 80.9 Å². The number of nitrogens with one attached hydrogen (secondary N) is 1. The maximum Gasteiger partial charge on any atom is 0.227 e. The number of anilines is 1. The molecule has 0 aliphatic carbocycles. The van der Waals surface area contributed by atoms with E-state index in [0.29, 0.717) is 23.8 Å². The molecule has 0 atom stereocenters. The van der Waals surface area contributed by atoms with Gasteiger partial charge >= 0.3 is 0 Å². The van der Waals surface area contributed by atoms with Crippen LogP contribution in [-0.2, 0) is 11.2 Å². The first-order valence-electron chi connectivity index (χ1n) is 7.30. The SMILES string of the molecule is Cc1ccc(-c2noc(CCC(=O)Nc3cccnc3)n2)cc1. The number of carbonyl (C=O) groups is 1. The van der Waals surface area contributed by atoms with Crippen molar-refractivity contribution in [3.63, 3.8) is 0 Å². The minimum Gasteiger partial charge on any atom is -0.339 e. The maximum atomic E-state index is 11.9. The van der Waals surface area contributed by atoms with Crippen LogP contribution in [-0.4, -0.2) is 21.0 Å². The van der Waals surface area contributed by atoms with E-state index in [1.165, 1.54) is 5.56 Å². The predicted molar refractivity (Wildman–Crippen MR) is 85.7 cm³/mol. The van der Waals surface area contributed by atoms with E-state index in [1.54, 1.807) is 24.5 Å². The lowest BCUT2D eigenvalue weighted by Gasteiger charge is -2.02. The van der Waals surface area contributed by atoms with Crippen LogP contribution in [0.3, 0.4) is 0 Å². The van der Waals surface area contributed by atoms with Gasteiger partial charge in [0.1, 0.15) is 0 Å². The van der Waals surface area contributed by atoms with Crippen molar-refractivity contribution in [2.24, 2.45) is 0 Å². The molecule has 1 aromatic carbocycles. The van der Waals surface area contributed by atoms with Gasteiger partial charge in [-0.3, -0.25) is 9.78 Å². The Bertz CT molecular complexity index is 782. The van der Waals surface area contributed by atoms with Crippen LogP contribution in [0, 0.1) is 6.92 Å². The molecule has 2 heterocycles. The fourth-order valence-electron chi connectivity index (χ4n) is 2.06. The molecule has 116 valence electrons. The number of nitrogens with zero attached hydrogens (tertiary/aromatic N) is 3. The Morgan fingerprint density at radius 2 is 2.04 bits per heavy atom. The molecule has 0 fully saturated rings. The first kappa shape index (κ1) is 14.9. The smallest absolute Gasteiger partial charge is 0.227 e. The molecule has 0 unspecified atom stereocenters. The maximum absolute atomic E-state index is 11.9. The van der Waals surface area contributed by atoms with E-state index < -0.39 is 0 Å². The Hall–Kier alpha value is -3.02. The molecule has 0 saturated carbocycles. The third kappa shape index (κ3) is 4.00. The Balaban J connectivity index is 1.57. The summed E-state index contributed by atoms with van der Waals surface area (Å²) in [6.07, 6.45) is 3.91. The van der Waals surface area contributed by atoms with Crippen LogP contribution in [0.1, 0.15) is 17.9 Å². The second-order valence-corrected chi connectivity index (χ2v) is 5.17. The van der Waals surface area contributed by atoms with Crippen molar-refractivity contribution in [2.75, 3.05) is 5.32 Å². The van der Waals surface area contributed by atoms with Gasteiger partial charge in [0.15, 0.2) is 0 Å². The molecule has 2 aromatic heterocycles. The third-order valence-electron chi connectivity index (χ3n) is 3.29. The van der Waals surface area contributed by atoms with Crippen molar-refractivity contribution >= 4 is 11.6 Å². The molecule has 0 radical (unpaired) electrons. The number of aromatic nitrogens is 3. The van der Waals surface area contributed by atoms with Gasteiger partial charge in [0.05, 0.1) is 11.9 Å². The van der Waals surface area contributed by atoms with Crippen molar-refractivity contribution < 1.29 is 9.32 Å². The lowest BCUT2D eigenvalue weighted by atomic mass is 10.1. The van der Waals surface area contributed by atoms with E-state index in [0.717, 1.165) is 5.56 Å². The number of rotatable bonds is 5. The number of hydrogen-bond acceptors (Lipinski definition) is 5. The predicted octanol–water partition coefficient (Wildman–Crippen LogP) is 3.01. The van der Waals surface area contributed by atoms with E-state index in [9.17, 15) is 4.79 Å². The van der Waals surface area contributed by atoms with Gasteiger partial charge in [-0.25, -0.2) is 0 Å². The van der Waals surface area contributed by atoms with E-state index >= 15 is 0 Å². The lowest BCUT2D eigenvalue weighted by molar-refractivity contribution is -0.116. The van der Waals surface area contributed by atoms with E-state index in [2.05, 4.69) is 20.4 Å². The van der Waals surface area contributed by atoms with Gasteiger partial charge in [0.25, 0.3) is 0 Å². The summed E-state index contributed by atoms with van der Waals surface area (Å²) in [5.41, 5.74) is 2.73. The molecule has 0 aliphatic heterocycles. The number of amides is 1. The molecule has 3 rings (SSSR count). The summed E-state index contributed by atoms with van der Waals surface area (Å²) >= 11 is 0. The fraction of sp³-hybridized carbons (Fsp3) is 0.176. The zero-order chi connectivity index (χ0) is 16.1. The van der Waals surface area contributed by atoms with Gasteiger partial charge in [-0.2, -0.15) is 4.98 Å². The van der Waals surface area contributed by atoms with E-state index in [4.69, 9.17) is 4.52 Å². The Morgan fingerprint density at radius 3 is 2.78 bits per heavy atom. The summed E-state index contributed by atoms with van der Waals surface area (Å²) in [7, 11) is 0. The molecule has 0 saturated heterocycles. The van der Waals surface area contributed by atoms with E-state index in [1.807, 2.05) is 31.2 Å². The summed E-state index contributed by atoms with van der Waals surface area (Å²) < 4.78 is 5.20. The first-order chi connectivity index (χ1) is 11.2. The second-order valence-electron chi connectivity index (χ2n) is 5.17. The highest BCUT2D eigenvalue weighted by Crippen LogP contribution is 2.17. The molecule has 0 spiro atoms. The number of benzene rings is 1. The summed E-state index contributed by atoms with van der Waals surface area (Å²) in [4.78, 5) is 20.1. The van der Waals surface area contributed by atoms with Gasteiger partial charge in [0.2, 0.25) is 17.6 Å². The Kier molecular flexibility index (Phi) is 4.42. The first-order valence-corrected chi connectivity index (χ1v) is 7.30. The van der Waals surface area contributed by atoms with Crippen molar-refractivity contribution in [1.82, 2.24) is 15.1 Å². The van der Waals surface area contributed by atoms with Gasteiger partial charge in [-0.05, 0) is 19.1 Å². The van der Waals surface area contributed by atoms with Crippen LogP contribution in [0.5, 0.6) is 0 Å². The zero-order valence-electron chi connectivity index (χ0n) is 12.7. The average molecular weight is 308 g/mol. The number of carbonyl (C=O) groups excluding carboxylic acids is 1. The Morgan fingerprint density at radius 1 is 1.22 bits per heavy atom. The van der Waals surface area contributed by atoms with Crippen LogP contribution >= 0.6 is 0 Å². The Labute approximate surface area is 133 Å². The van der Waals surface area contributed by atoms with Crippen LogP contribution in [0.15, 0.2) is 53.3 Å². The summed E-state index contributed by atoms with van der Waals surface area (Å²) in [6, 6.07) is 11.4. The zero-order valence-corrected chi connectivity index (χ0v) is 12.7. The second kappa shape index (κ2) is 6.83. The molecule has 6 nitrogen and oxygen atoms in total. The molecule has 1 amide bonds. The van der Waals surface area contributed by atoms with Crippen LogP contribution in [0.2, 0.25) is 0 Å². The van der Waals surface area contributed by atoms with Gasteiger partial charge in [0, 0.05) is 24.6 Å². The van der Waals surface area contributed by atoms with Crippen LogP contribution in [0.4, 0.5) is 5.69 Å². The quantitative estimate of drug-likeness (QED) is 0.783. The highest BCUT2D eigenvalue weighted by Gasteiger charge is 2.10. The third-order valence-corrected chi connectivity index (χ3v) is 3.29. The number of aryl methyl sites for hydroxylation is 2. The van der Waals surface area contributed by atoms with Crippen molar-refractivity contribution in [1.29, 1.82) is 0 Å². The van der Waals surface area contributed by atoms with Gasteiger partial charge < -0.3 is 9.84 Å². The molecule has 3 aromatic rings. The summed E-state index contributed by atoms with van der Waals surface area (Å²) in [6.45, 7) is 2.02. The minimum absolute atomic E-state index is 0.118. The molecule has 23 heavy (non-hydrogen) atoms. The largest absolute Gasteiger partial charge is 0.339 e. The molecular formula is C17H16N4O2.